The van der Waals surface area contributed by atoms with Crippen LogP contribution in [-0.4, -0.2) is 6.71 Å². The summed E-state index contributed by atoms with van der Waals surface area (Å²) in [6.45, 7) is 6.80. The van der Waals surface area contributed by atoms with Crippen molar-refractivity contribution in [3.63, 3.8) is 0 Å². The molecule has 0 saturated carbocycles. The number of rotatable bonds is 4. The first-order valence-electron chi connectivity index (χ1n) is 11.3. The molecule has 0 fully saturated rings. The first-order valence-corrected chi connectivity index (χ1v) is 11.3. The molecule has 0 bridgehead atoms. The average Bonchev–Trinajstić information content (AvgIpc) is 2.83. The third kappa shape index (κ3) is 3.76. The van der Waals surface area contributed by atoms with Gasteiger partial charge in [0.2, 0.25) is 6.71 Å². The first kappa shape index (κ1) is 20.3. The number of aryl methyl sites for hydroxylation is 3. The van der Waals surface area contributed by atoms with Gasteiger partial charge in [0.25, 0.3) is 0 Å². The summed E-state index contributed by atoms with van der Waals surface area (Å²) in [5, 5.41) is 2.64. The van der Waals surface area contributed by atoms with Gasteiger partial charge >= 0.3 is 0 Å². The largest absolute Gasteiger partial charge is 0.241 e. The lowest BCUT2D eigenvalue weighted by atomic mass is 9.36. The van der Waals surface area contributed by atoms with Gasteiger partial charge < -0.3 is 0 Å². The topological polar surface area (TPSA) is 0 Å². The SMILES string of the molecule is Cc1ccc(C)c(B(c2ccccc2)c2ccc(-c3ccc(C)c4ccccc34)cc2)c1. The minimum Gasteiger partial charge on any atom is -0.0687 e. The summed E-state index contributed by atoms with van der Waals surface area (Å²) in [6, 6.07) is 40.0. The van der Waals surface area contributed by atoms with Crippen LogP contribution < -0.4 is 16.4 Å². The number of hydrogen-bond donors (Lipinski definition) is 0. The molecule has 0 spiro atoms. The summed E-state index contributed by atoms with van der Waals surface area (Å²) in [7, 11) is 0. The van der Waals surface area contributed by atoms with Gasteiger partial charge in [-0.05, 0) is 48.2 Å². The molecule has 5 aromatic carbocycles. The highest BCUT2D eigenvalue weighted by Gasteiger charge is 2.23. The molecule has 5 rings (SSSR count). The fourth-order valence-electron chi connectivity index (χ4n) is 4.82. The van der Waals surface area contributed by atoms with Crippen molar-refractivity contribution in [2.75, 3.05) is 0 Å². The Kier molecular flexibility index (Phi) is 5.41. The summed E-state index contributed by atoms with van der Waals surface area (Å²) in [5.74, 6) is 0. The van der Waals surface area contributed by atoms with Crippen LogP contribution in [-0.2, 0) is 0 Å². The van der Waals surface area contributed by atoms with Crippen LogP contribution in [0.25, 0.3) is 21.9 Å². The molecule has 0 aliphatic carbocycles. The maximum Gasteiger partial charge on any atom is 0.241 e. The lowest BCUT2D eigenvalue weighted by Crippen LogP contribution is -2.53. The Balaban J connectivity index is 1.63. The molecule has 0 amide bonds. The summed E-state index contributed by atoms with van der Waals surface area (Å²) < 4.78 is 0. The summed E-state index contributed by atoms with van der Waals surface area (Å²) in [6.07, 6.45) is 0. The minimum absolute atomic E-state index is 0.222. The van der Waals surface area contributed by atoms with Gasteiger partial charge in [0.05, 0.1) is 0 Å². The summed E-state index contributed by atoms with van der Waals surface area (Å²) >= 11 is 0. The highest BCUT2D eigenvalue weighted by atomic mass is 14.1. The van der Waals surface area contributed by atoms with E-state index in [0.29, 0.717) is 0 Å². The quantitative estimate of drug-likeness (QED) is 0.321. The minimum atomic E-state index is 0.222. The lowest BCUT2D eigenvalue weighted by molar-refractivity contribution is 1.43. The zero-order valence-corrected chi connectivity index (χ0v) is 19.0. The Hall–Kier alpha value is -3.58. The summed E-state index contributed by atoms with van der Waals surface area (Å²) in [5.41, 5.74) is 10.5. The second-order valence-electron chi connectivity index (χ2n) is 8.80. The van der Waals surface area contributed by atoms with Gasteiger partial charge in [-0.3, -0.25) is 0 Å². The zero-order valence-electron chi connectivity index (χ0n) is 19.0. The molecule has 0 radical (unpaired) electrons. The van der Waals surface area contributed by atoms with Gasteiger partial charge in [-0.15, -0.1) is 0 Å². The Morgan fingerprint density at radius 1 is 0.500 bits per heavy atom. The molecule has 0 aliphatic heterocycles. The van der Waals surface area contributed by atoms with Gasteiger partial charge in [-0.1, -0.05) is 137 Å². The Morgan fingerprint density at radius 3 is 1.88 bits per heavy atom. The van der Waals surface area contributed by atoms with E-state index < -0.39 is 0 Å². The molecule has 154 valence electrons. The fraction of sp³-hybridized carbons (Fsp3) is 0.0968. The summed E-state index contributed by atoms with van der Waals surface area (Å²) in [4.78, 5) is 0. The van der Waals surface area contributed by atoms with Crippen molar-refractivity contribution in [2.45, 2.75) is 20.8 Å². The molecular weight excluding hydrogens is 383 g/mol. The molecule has 0 unspecified atom stereocenters. The van der Waals surface area contributed by atoms with Crippen molar-refractivity contribution in [2.24, 2.45) is 0 Å². The molecule has 0 heterocycles. The number of fused-ring (bicyclic) bond motifs is 1. The van der Waals surface area contributed by atoms with E-state index in [-0.39, 0.29) is 6.71 Å². The van der Waals surface area contributed by atoms with Crippen LogP contribution in [0.4, 0.5) is 0 Å². The molecule has 0 saturated heterocycles. The molecule has 1 heteroatoms. The monoisotopic (exact) mass is 410 g/mol. The molecule has 0 N–H and O–H groups in total. The molecule has 32 heavy (non-hydrogen) atoms. The number of benzene rings is 5. The molecule has 0 atom stereocenters. The van der Waals surface area contributed by atoms with Gasteiger partial charge in [0.1, 0.15) is 0 Å². The van der Waals surface area contributed by atoms with E-state index in [1.807, 2.05) is 0 Å². The van der Waals surface area contributed by atoms with Gasteiger partial charge in [-0.25, -0.2) is 0 Å². The van der Waals surface area contributed by atoms with E-state index in [4.69, 9.17) is 0 Å². The van der Waals surface area contributed by atoms with Crippen molar-refractivity contribution in [1.82, 2.24) is 0 Å². The zero-order chi connectivity index (χ0) is 22.1. The number of hydrogen-bond acceptors (Lipinski definition) is 0. The first-order chi connectivity index (χ1) is 15.6. The molecule has 5 aromatic rings. The van der Waals surface area contributed by atoms with Crippen LogP contribution in [0, 0.1) is 20.8 Å². The van der Waals surface area contributed by atoms with E-state index in [2.05, 4.69) is 130 Å². The van der Waals surface area contributed by atoms with Crippen LogP contribution in [0.1, 0.15) is 16.7 Å². The Labute approximate surface area is 191 Å². The van der Waals surface area contributed by atoms with Crippen LogP contribution in [0.3, 0.4) is 0 Å². The van der Waals surface area contributed by atoms with Crippen LogP contribution in [0.5, 0.6) is 0 Å². The van der Waals surface area contributed by atoms with E-state index in [0.717, 1.165) is 0 Å². The van der Waals surface area contributed by atoms with Crippen LogP contribution in [0.15, 0.2) is 109 Å². The molecule has 0 aromatic heterocycles. The second-order valence-corrected chi connectivity index (χ2v) is 8.80. The van der Waals surface area contributed by atoms with Crippen molar-refractivity contribution in [3.05, 3.63) is 126 Å². The fourth-order valence-corrected chi connectivity index (χ4v) is 4.82. The van der Waals surface area contributed by atoms with Gasteiger partial charge in [0.15, 0.2) is 0 Å². The standard InChI is InChI=1S/C31H27B/c1-22-13-14-24(3)31(21-22)32(26-9-5-4-6-10-26)27-18-16-25(17-19-27)29-20-15-23(2)28-11-7-8-12-30(28)29/h4-21H,1-3H3. The van der Waals surface area contributed by atoms with Crippen molar-refractivity contribution in [1.29, 1.82) is 0 Å². The smallest absolute Gasteiger partial charge is 0.0687 e. The average molecular weight is 410 g/mol. The van der Waals surface area contributed by atoms with E-state index in [9.17, 15) is 0 Å². The van der Waals surface area contributed by atoms with Gasteiger partial charge in [-0.2, -0.15) is 0 Å². The second kappa shape index (κ2) is 8.51. The third-order valence-electron chi connectivity index (χ3n) is 6.58. The van der Waals surface area contributed by atoms with Gasteiger partial charge in [0, 0.05) is 0 Å². The van der Waals surface area contributed by atoms with E-state index >= 15 is 0 Å². The highest BCUT2D eigenvalue weighted by molar-refractivity contribution is 6.95. The van der Waals surface area contributed by atoms with Crippen LogP contribution in [0.2, 0.25) is 0 Å². The Bertz CT molecular complexity index is 1380. The van der Waals surface area contributed by atoms with Crippen molar-refractivity contribution >= 4 is 33.9 Å². The maximum absolute atomic E-state index is 2.34. The normalized spacial score (nSPS) is 11.0. The highest BCUT2D eigenvalue weighted by Crippen LogP contribution is 2.30. The van der Waals surface area contributed by atoms with Crippen molar-refractivity contribution < 1.29 is 0 Å². The molecule has 0 aliphatic rings. The Morgan fingerprint density at radius 2 is 1.12 bits per heavy atom. The maximum atomic E-state index is 2.34. The van der Waals surface area contributed by atoms with E-state index in [1.165, 1.54) is 55.0 Å². The van der Waals surface area contributed by atoms with Crippen molar-refractivity contribution in [3.8, 4) is 11.1 Å². The third-order valence-corrected chi connectivity index (χ3v) is 6.58. The van der Waals surface area contributed by atoms with E-state index in [1.54, 1.807) is 0 Å². The molecular formula is C31H27B. The van der Waals surface area contributed by atoms with Crippen LogP contribution >= 0.6 is 0 Å². The lowest BCUT2D eigenvalue weighted by Gasteiger charge is -2.19. The molecule has 0 nitrogen and oxygen atoms in total. The predicted octanol–water partition coefficient (Wildman–Crippen LogP) is 5.95. The predicted molar refractivity (Wildman–Crippen MR) is 141 cm³/mol.